The van der Waals surface area contributed by atoms with E-state index in [-0.39, 0.29) is 12.8 Å². The predicted molar refractivity (Wildman–Crippen MR) is 118 cm³/mol. The summed E-state index contributed by atoms with van der Waals surface area (Å²) in [6.45, 7) is 0.294. The minimum atomic E-state index is -1.03. The summed E-state index contributed by atoms with van der Waals surface area (Å²) in [6.07, 6.45) is -0.228. The van der Waals surface area contributed by atoms with Crippen molar-refractivity contribution in [2.75, 3.05) is 0 Å². The molecule has 0 fully saturated rings. The summed E-state index contributed by atoms with van der Waals surface area (Å²) in [5.41, 5.74) is 3.16. The number of carboxylic acids is 1. The Hall–Kier alpha value is -3.93. The molecule has 0 bridgehead atoms. The van der Waals surface area contributed by atoms with E-state index >= 15 is 0 Å². The molecule has 0 aromatic heterocycles. The minimum Gasteiger partial charge on any atom is -0.481 e. The SMILES string of the molecule is O=C(O)CC[C@H](NC(=O)c1cccc(-c2ccccc2)c1)C(=O)NCc1ccccc1. The lowest BCUT2D eigenvalue weighted by molar-refractivity contribution is -0.137. The van der Waals surface area contributed by atoms with E-state index in [9.17, 15) is 14.4 Å². The first-order valence-corrected chi connectivity index (χ1v) is 10.0. The molecule has 2 amide bonds. The molecular weight excluding hydrogens is 392 g/mol. The highest BCUT2D eigenvalue weighted by molar-refractivity contribution is 5.98. The number of amides is 2. The molecule has 0 saturated carbocycles. The van der Waals surface area contributed by atoms with Gasteiger partial charge >= 0.3 is 5.97 Å². The van der Waals surface area contributed by atoms with Crippen molar-refractivity contribution in [3.05, 3.63) is 96.1 Å². The van der Waals surface area contributed by atoms with Gasteiger partial charge < -0.3 is 15.7 Å². The van der Waals surface area contributed by atoms with Crippen LogP contribution in [0.1, 0.15) is 28.8 Å². The number of carboxylic acid groups (broad SMARTS) is 1. The van der Waals surface area contributed by atoms with Gasteiger partial charge in [0.25, 0.3) is 5.91 Å². The van der Waals surface area contributed by atoms with Gasteiger partial charge in [0, 0.05) is 18.5 Å². The van der Waals surface area contributed by atoms with Gasteiger partial charge in [0.05, 0.1) is 0 Å². The first-order valence-electron chi connectivity index (χ1n) is 10.0. The molecule has 6 heteroatoms. The van der Waals surface area contributed by atoms with Crippen molar-refractivity contribution >= 4 is 17.8 Å². The fraction of sp³-hybridized carbons (Fsp3) is 0.160. The maximum atomic E-state index is 12.8. The maximum absolute atomic E-state index is 12.8. The number of benzene rings is 3. The normalized spacial score (nSPS) is 11.4. The molecule has 1 atom stereocenters. The van der Waals surface area contributed by atoms with Gasteiger partial charge in [0.15, 0.2) is 0 Å². The Kier molecular flexibility index (Phi) is 7.54. The number of hydrogen-bond donors (Lipinski definition) is 3. The predicted octanol–water partition coefficient (Wildman–Crippen LogP) is 3.63. The van der Waals surface area contributed by atoms with Gasteiger partial charge in [-0.15, -0.1) is 0 Å². The van der Waals surface area contributed by atoms with Gasteiger partial charge in [0.1, 0.15) is 6.04 Å². The van der Waals surface area contributed by atoms with Crippen LogP contribution in [0.4, 0.5) is 0 Å². The number of carbonyl (C=O) groups is 3. The van der Waals surface area contributed by atoms with Crippen LogP contribution >= 0.6 is 0 Å². The van der Waals surface area contributed by atoms with Gasteiger partial charge in [-0.25, -0.2) is 0 Å². The molecule has 3 N–H and O–H groups in total. The summed E-state index contributed by atoms with van der Waals surface area (Å²) in [5, 5.41) is 14.5. The zero-order chi connectivity index (χ0) is 22.1. The summed E-state index contributed by atoms with van der Waals surface area (Å²) in [5.74, 6) is -1.87. The summed E-state index contributed by atoms with van der Waals surface area (Å²) >= 11 is 0. The van der Waals surface area contributed by atoms with E-state index in [0.717, 1.165) is 16.7 Å². The highest BCUT2D eigenvalue weighted by Crippen LogP contribution is 2.20. The van der Waals surface area contributed by atoms with Gasteiger partial charge in [0.2, 0.25) is 5.91 Å². The van der Waals surface area contributed by atoms with Crippen molar-refractivity contribution in [3.63, 3.8) is 0 Å². The molecule has 31 heavy (non-hydrogen) atoms. The van der Waals surface area contributed by atoms with Crippen LogP contribution in [0.5, 0.6) is 0 Å². The quantitative estimate of drug-likeness (QED) is 0.496. The van der Waals surface area contributed by atoms with Crippen molar-refractivity contribution in [3.8, 4) is 11.1 Å². The Bertz CT molecular complexity index is 1040. The molecule has 0 saturated heterocycles. The number of nitrogens with one attached hydrogen (secondary N) is 2. The third-order valence-electron chi connectivity index (χ3n) is 4.81. The molecule has 0 unspecified atom stereocenters. The first kappa shape index (κ1) is 21.8. The van der Waals surface area contributed by atoms with Crippen molar-refractivity contribution in [2.45, 2.75) is 25.4 Å². The van der Waals surface area contributed by atoms with E-state index in [2.05, 4.69) is 10.6 Å². The van der Waals surface area contributed by atoms with Crippen LogP contribution in [0, 0.1) is 0 Å². The largest absolute Gasteiger partial charge is 0.481 e. The second kappa shape index (κ2) is 10.7. The summed E-state index contributed by atoms with van der Waals surface area (Å²) in [6, 6.07) is 25.2. The molecular formula is C25H24N2O4. The average Bonchev–Trinajstić information content (AvgIpc) is 2.81. The number of rotatable bonds is 9. The number of carbonyl (C=O) groups excluding carboxylic acids is 2. The highest BCUT2D eigenvalue weighted by Gasteiger charge is 2.22. The zero-order valence-corrected chi connectivity index (χ0v) is 17.0. The summed E-state index contributed by atoms with van der Waals surface area (Å²) in [7, 11) is 0. The van der Waals surface area contributed by atoms with Crippen LogP contribution in [0.3, 0.4) is 0 Å². The average molecular weight is 416 g/mol. The van der Waals surface area contributed by atoms with E-state index in [1.807, 2.05) is 66.7 Å². The van der Waals surface area contributed by atoms with Gasteiger partial charge in [-0.1, -0.05) is 72.8 Å². The molecule has 6 nitrogen and oxygen atoms in total. The lowest BCUT2D eigenvalue weighted by Gasteiger charge is -2.18. The van der Waals surface area contributed by atoms with Crippen LogP contribution in [0.2, 0.25) is 0 Å². The fourth-order valence-corrected chi connectivity index (χ4v) is 3.16. The van der Waals surface area contributed by atoms with Crippen molar-refractivity contribution in [1.82, 2.24) is 10.6 Å². The van der Waals surface area contributed by atoms with Crippen molar-refractivity contribution in [1.29, 1.82) is 0 Å². The molecule has 3 aromatic carbocycles. The second-order valence-corrected chi connectivity index (χ2v) is 7.11. The number of aliphatic carboxylic acids is 1. The second-order valence-electron chi connectivity index (χ2n) is 7.11. The van der Waals surface area contributed by atoms with E-state index in [0.29, 0.717) is 12.1 Å². The van der Waals surface area contributed by atoms with E-state index in [4.69, 9.17) is 5.11 Å². The lowest BCUT2D eigenvalue weighted by Crippen LogP contribution is -2.46. The van der Waals surface area contributed by atoms with Crippen LogP contribution in [0.15, 0.2) is 84.9 Å². The molecule has 3 aromatic rings. The Balaban J connectivity index is 1.70. The molecule has 158 valence electrons. The van der Waals surface area contributed by atoms with E-state index in [1.165, 1.54) is 0 Å². The Morgan fingerprint density at radius 1 is 0.806 bits per heavy atom. The molecule has 0 radical (unpaired) electrons. The molecule has 0 aliphatic heterocycles. The van der Waals surface area contributed by atoms with Crippen LogP contribution < -0.4 is 10.6 Å². The zero-order valence-electron chi connectivity index (χ0n) is 17.0. The third-order valence-corrected chi connectivity index (χ3v) is 4.81. The molecule has 3 rings (SSSR count). The Morgan fingerprint density at radius 3 is 2.13 bits per heavy atom. The third kappa shape index (κ3) is 6.54. The summed E-state index contributed by atoms with van der Waals surface area (Å²) in [4.78, 5) is 36.5. The first-order chi connectivity index (χ1) is 15.0. The number of hydrogen-bond acceptors (Lipinski definition) is 3. The Labute approximate surface area is 180 Å². The maximum Gasteiger partial charge on any atom is 0.303 e. The highest BCUT2D eigenvalue weighted by atomic mass is 16.4. The van der Waals surface area contributed by atoms with Crippen molar-refractivity contribution in [2.24, 2.45) is 0 Å². The minimum absolute atomic E-state index is 0.0000718. The topological polar surface area (TPSA) is 95.5 Å². The summed E-state index contributed by atoms with van der Waals surface area (Å²) < 4.78 is 0. The molecule has 0 heterocycles. The van der Waals surface area contributed by atoms with Crippen LogP contribution in [0.25, 0.3) is 11.1 Å². The standard InChI is InChI=1S/C25H24N2O4/c28-23(29)15-14-22(25(31)26-17-18-8-3-1-4-9-18)27-24(30)21-13-7-12-20(16-21)19-10-5-2-6-11-19/h1-13,16,22H,14-15,17H2,(H,26,31)(H,27,30)(H,28,29)/t22-/m0/s1. The van der Waals surface area contributed by atoms with Gasteiger partial charge in [-0.05, 0) is 35.2 Å². The monoisotopic (exact) mass is 416 g/mol. The van der Waals surface area contributed by atoms with Crippen LogP contribution in [-0.2, 0) is 16.1 Å². The molecule has 0 aliphatic rings. The van der Waals surface area contributed by atoms with Crippen molar-refractivity contribution < 1.29 is 19.5 Å². The van der Waals surface area contributed by atoms with E-state index in [1.54, 1.807) is 18.2 Å². The Morgan fingerprint density at radius 2 is 1.45 bits per heavy atom. The smallest absolute Gasteiger partial charge is 0.303 e. The van der Waals surface area contributed by atoms with E-state index < -0.39 is 23.8 Å². The molecule has 0 aliphatic carbocycles. The molecule has 0 spiro atoms. The van der Waals surface area contributed by atoms with Gasteiger partial charge in [-0.2, -0.15) is 0 Å². The lowest BCUT2D eigenvalue weighted by atomic mass is 10.0. The fourth-order valence-electron chi connectivity index (χ4n) is 3.16. The van der Waals surface area contributed by atoms with Crippen LogP contribution in [-0.4, -0.2) is 28.9 Å². The van der Waals surface area contributed by atoms with Gasteiger partial charge in [-0.3, -0.25) is 14.4 Å².